The lowest BCUT2D eigenvalue weighted by molar-refractivity contribution is 0.0781. The summed E-state index contributed by atoms with van der Waals surface area (Å²) in [5.74, 6) is -1.16. The van der Waals surface area contributed by atoms with Crippen LogP contribution in [-0.2, 0) is 6.54 Å². The average molecular weight is 265 g/mol. The molecule has 1 heterocycles. The third-order valence-electron chi connectivity index (χ3n) is 2.54. The van der Waals surface area contributed by atoms with Crippen LogP contribution in [0.5, 0.6) is 5.75 Å². The van der Waals surface area contributed by atoms with Gasteiger partial charge in [-0.1, -0.05) is 0 Å². The molecule has 0 unspecified atom stereocenters. The molecule has 1 aromatic heterocycles. The fourth-order valence-corrected chi connectivity index (χ4v) is 2.27. The van der Waals surface area contributed by atoms with E-state index in [2.05, 4.69) is 0 Å². The van der Waals surface area contributed by atoms with Crippen molar-refractivity contribution in [2.24, 2.45) is 0 Å². The van der Waals surface area contributed by atoms with Crippen LogP contribution in [0.15, 0.2) is 35.0 Å². The topological polar surface area (TPSA) is 40.5 Å². The number of carbonyl (C=O) groups is 1. The fourth-order valence-electron chi connectivity index (χ4n) is 1.61. The summed E-state index contributed by atoms with van der Waals surface area (Å²) in [6.45, 7) is 0.429. The number of nitrogens with zero attached hydrogens (tertiary/aromatic N) is 1. The number of amides is 1. The maximum absolute atomic E-state index is 13.1. The molecule has 1 amide bonds. The molecule has 0 aliphatic heterocycles. The molecule has 2 rings (SSSR count). The Morgan fingerprint density at radius 2 is 2.22 bits per heavy atom. The minimum atomic E-state index is -0.542. The van der Waals surface area contributed by atoms with Crippen LogP contribution >= 0.6 is 11.3 Å². The molecule has 0 saturated carbocycles. The molecular weight excluding hydrogens is 253 g/mol. The number of phenols is 1. The van der Waals surface area contributed by atoms with E-state index in [9.17, 15) is 14.3 Å². The highest BCUT2D eigenvalue weighted by atomic mass is 32.1. The van der Waals surface area contributed by atoms with Gasteiger partial charge in [0.15, 0.2) is 0 Å². The van der Waals surface area contributed by atoms with E-state index in [4.69, 9.17) is 0 Å². The number of thiophene rings is 1. The quantitative estimate of drug-likeness (QED) is 0.927. The van der Waals surface area contributed by atoms with Gasteiger partial charge in [0.2, 0.25) is 0 Å². The zero-order valence-electron chi connectivity index (χ0n) is 9.76. The van der Waals surface area contributed by atoms with Gasteiger partial charge in [-0.25, -0.2) is 4.39 Å². The average Bonchev–Trinajstić information content (AvgIpc) is 2.84. The number of hydrogen-bond acceptors (Lipinski definition) is 3. The Hall–Kier alpha value is -1.88. The Labute approximate surface area is 108 Å². The SMILES string of the molecule is CN(Cc1ccsc1)C(=O)c1cc(F)ccc1O. The van der Waals surface area contributed by atoms with Crippen molar-refractivity contribution in [2.75, 3.05) is 7.05 Å². The van der Waals surface area contributed by atoms with Gasteiger partial charge < -0.3 is 10.0 Å². The van der Waals surface area contributed by atoms with E-state index in [1.54, 1.807) is 18.4 Å². The summed E-state index contributed by atoms with van der Waals surface area (Å²) in [6, 6.07) is 5.26. The van der Waals surface area contributed by atoms with E-state index >= 15 is 0 Å². The number of benzene rings is 1. The van der Waals surface area contributed by atoms with E-state index in [1.807, 2.05) is 16.8 Å². The Kier molecular flexibility index (Phi) is 3.62. The van der Waals surface area contributed by atoms with Crippen LogP contribution < -0.4 is 0 Å². The molecule has 0 atom stereocenters. The van der Waals surface area contributed by atoms with E-state index < -0.39 is 11.7 Å². The van der Waals surface area contributed by atoms with Crippen LogP contribution in [0.3, 0.4) is 0 Å². The van der Waals surface area contributed by atoms with Gasteiger partial charge in [-0.05, 0) is 40.6 Å². The highest BCUT2D eigenvalue weighted by Gasteiger charge is 2.16. The molecule has 0 fully saturated rings. The summed E-state index contributed by atoms with van der Waals surface area (Å²) < 4.78 is 13.1. The van der Waals surface area contributed by atoms with Crippen LogP contribution in [0.1, 0.15) is 15.9 Å². The lowest BCUT2D eigenvalue weighted by Crippen LogP contribution is -2.26. The number of halogens is 1. The Morgan fingerprint density at radius 1 is 1.44 bits per heavy atom. The summed E-state index contributed by atoms with van der Waals surface area (Å²) in [4.78, 5) is 13.5. The number of rotatable bonds is 3. The second-order valence-electron chi connectivity index (χ2n) is 3.95. The van der Waals surface area contributed by atoms with Crippen molar-refractivity contribution in [3.63, 3.8) is 0 Å². The molecule has 3 nitrogen and oxygen atoms in total. The van der Waals surface area contributed by atoms with Gasteiger partial charge >= 0.3 is 0 Å². The Morgan fingerprint density at radius 3 is 2.89 bits per heavy atom. The van der Waals surface area contributed by atoms with Crippen molar-refractivity contribution in [3.05, 3.63) is 52.0 Å². The highest BCUT2D eigenvalue weighted by molar-refractivity contribution is 7.07. The van der Waals surface area contributed by atoms with E-state index in [0.717, 1.165) is 17.7 Å². The first-order chi connectivity index (χ1) is 8.58. The summed E-state index contributed by atoms with van der Waals surface area (Å²) in [6.07, 6.45) is 0. The molecule has 0 radical (unpaired) electrons. The predicted octanol–water partition coefficient (Wildman–Crippen LogP) is 2.87. The molecule has 1 aromatic carbocycles. The molecule has 0 bridgehead atoms. The summed E-state index contributed by atoms with van der Waals surface area (Å²) in [5.41, 5.74) is 0.986. The lowest BCUT2D eigenvalue weighted by atomic mass is 10.1. The van der Waals surface area contributed by atoms with Gasteiger partial charge in [0.1, 0.15) is 11.6 Å². The van der Waals surface area contributed by atoms with Gasteiger partial charge in [-0.2, -0.15) is 11.3 Å². The first kappa shape index (κ1) is 12.6. The predicted molar refractivity (Wildman–Crippen MR) is 68.2 cm³/mol. The number of hydrogen-bond donors (Lipinski definition) is 1. The Balaban J connectivity index is 2.17. The van der Waals surface area contributed by atoms with Crippen LogP contribution in [-0.4, -0.2) is 23.0 Å². The molecule has 18 heavy (non-hydrogen) atoms. The summed E-state index contributed by atoms with van der Waals surface area (Å²) >= 11 is 1.55. The molecule has 94 valence electrons. The smallest absolute Gasteiger partial charge is 0.257 e. The van der Waals surface area contributed by atoms with Crippen molar-refractivity contribution < 1.29 is 14.3 Å². The van der Waals surface area contributed by atoms with Gasteiger partial charge in [0.05, 0.1) is 5.56 Å². The van der Waals surface area contributed by atoms with Crippen LogP contribution in [0, 0.1) is 5.82 Å². The van der Waals surface area contributed by atoms with Crippen molar-refractivity contribution in [1.29, 1.82) is 0 Å². The number of carbonyl (C=O) groups excluding carboxylic acids is 1. The monoisotopic (exact) mass is 265 g/mol. The zero-order valence-corrected chi connectivity index (χ0v) is 10.6. The normalized spacial score (nSPS) is 10.3. The van der Waals surface area contributed by atoms with Gasteiger partial charge in [-0.3, -0.25) is 4.79 Å². The maximum atomic E-state index is 13.1. The minimum absolute atomic E-state index is 0.0206. The summed E-state index contributed by atoms with van der Waals surface area (Å²) in [5, 5.41) is 13.4. The zero-order chi connectivity index (χ0) is 13.1. The number of aromatic hydroxyl groups is 1. The first-order valence-electron chi connectivity index (χ1n) is 5.33. The minimum Gasteiger partial charge on any atom is -0.507 e. The Bertz CT molecular complexity index is 554. The molecule has 1 N–H and O–H groups in total. The number of phenolic OH excluding ortho intramolecular Hbond substituents is 1. The van der Waals surface area contributed by atoms with Gasteiger partial charge in [-0.15, -0.1) is 0 Å². The highest BCUT2D eigenvalue weighted by Crippen LogP contribution is 2.20. The lowest BCUT2D eigenvalue weighted by Gasteiger charge is -2.17. The second-order valence-corrected chi connectivity index (χ2v) is 4.73. The van der Waals surface area contributed by atoms with E-state index in [1.165, 1.54) is 11.0 Å². The molecule has 2 aromatic rings. The molecular formula is C13H12FNO2S. The van der Waals surface area contributed by atoms with Crippen molar-refractivity contribution in [1.82, 2.24) is 4.90 Å². The molecule has 5 heteroatoms. The van der Waals surface area contributed by atoms with Crippen molar-refractivity contribution >= 4 is 17.2 Å². The largest absolute Gasteiger partial charge is 0.507 e. The standard InChI is InChI=1S/C13H12FNO2S/c1-15(7-9-4-5-18-8-9)13(17)11-6-10(14)2-3-12(11)16/h2-6,8,16H,7H2,1H3. The van der Waals surface area contributed by atoms with Crippen molar-refractivity contribution in [3.8, 4) is 5.75 Å². The van der Waals surface area contributed by atoms with Crippen LogP contribution in [0.2, 0.25) is 0 Å². The molecule has 0 aliphatic carbocycles. The van der Waals surface area contributed by atoms with E-state index in [-0.39, 0.29) is 11.3 Å². The molecule has 0 spiro atoms. The van der Waals surface area contributed by atoms with Crippen LogP contribution in [0.25, 0.3) is 0 Å². The van der Waals surface area contributed by atoms with Crippen LogP contribution in [0.4, 0.5) is 4.39 Å². The maximum Gasteiger partial charge on any atom is 0.257 e. The first-order valence-corrected chi connectivity index (χ1v) is 6.27. The molecule has 0 saturated heterocycles. The molecule has 0 aliphatic rings. The van der Waals surface area contributed by atoms with E-state index in [0.29, 0.717) is 6.54 Å². The van der Waals surface area contributed by atoms with Crippen molar-refractivity contribution in [2.45, 2.75) is 6.54 Å². The third-order valence-corrected chi connectivity index (χ3v) is 3.27. The van der Waals surface area contributed by atoms with Gasteiger partial charge in [0, 0.05) is 13.6 Å². The summed E-state index contributed by atoms with van der Waals surface area (Å²) in [7, 11) is 1.62. The third kappa shape index (κ3) is 2.68. The fraction of sp³-hybridized carbons (Fsp3) is 0.154. The second kappa shape index (κ2) is 5.18. The van der Waals surface area contributed by atoms with Gasteiger partial charge in [0.25, 0.3) is 5.91 Å².